The van der Waals surface area contributed by atoms with Gasteiger partial charge in [-0.05, 0) is 19.0 Å². The highest BCUT2D eigenvalue weighted by atomic mass is 14.9. The minimum atomic E-state index is 0.408. The lowest BCUT2D eigenvalue weighted by Crippen LogP contribution is -2.25. The third-order valence-corrected chi connectivity index (χ3v) is 1.71. The highest BCUT2D eigenvalue weighted by Gasteiger charge is 2.04. The second kappa shape index (κ2) is 11.2. The first-order valence-corrected chi connectivity index (χ1v) is 4.92. The van der Waals surface area contributed by atoms with E-state index in [1.54, 1.807) is 6.08 Å². The first-order chi connectivity index (χ1) is 6.29. The number of hydrogen-bond donors (Lipinski definition) is 1. The topological polar surface area (TPSA) is 12.0 Å². The molecule has 0 bridgehead atoms. The lowest BCUT2D eigenvalue weighted by Gasteiger charge is -2.14. The number of likely N-dealkylation sites (N-methyl/N-ethyl adjacent to an activating group) is 1. The molecule has 0 saturated carbocycles. The molecular weight excluding hydrogens is 158 g/mol. The van der Waals surface area contributed by atoms with Gasteiger partial charge in [-0.3, -0.25) is 0 Å². The summed E-state index contributed by atoms with van der Waals surface area (Å²) in [6, 6.07) is 0.408. The molecule has 0 heterocycles. The average Bonchev–Trinajstić information content (AvgIpc) is 2.21. The fourth-order valence-corrected chi connectivity index (χ4v) is 1.07. The van der Waals surface area contributed by atoms with Crippen molar-refractivity contribution >= 4 is 0 Å². The van der Waals surface area contributed by atoms with Crippen molar-refractivity contribution in [2.24, 2.45) is 0 Å². The first kappa shape index (κ1) is 14.7. The van der Waals surface area contributed by atoms with E-state index in [0.29, 0.717) is 6.04 Å². The minimum Gasteiger partial charge on any atom is -0.313 e. The molecule has 0 aliphatic carbocycles. The van der Waals surface area contributed by atoms with E-state index in [1.807, 2.05) is 33.0 Å². The van der Waals surface area contributed by atoms with Crippen LogP contribution in [-0.4, -0.2) is 13.1 Å². The van der Waals surface area contributed by atoms with Gasteiger partial charge in [0.2, 0.25) is 0 Å². The summed E-state index contributed by atoms with van der Waals surface area (Å²) in [5.41, 5.74) is 1.20. The number of rotatable bonds is 5. The molecule has 0 aromatic carbocycles. The van der Waals surface area contributed by atoms with Crippen LogP contribution in [0.25, 0.3) is 0 Å². The fourth-order valence-electron chi connectivity index (χ4n) is 1.07. The molecule has 0 amide bonds. The molecular formula is C12H23N. The molecule has 0 aliphatic rings. The molecule has 1 N–H and O–H groups in total. The Balaban J connectivity index is 0. The quantitative estimate of drug-likeness (QED) is 0.642. The number of nitrogens with one attached hydrogen (secondary N) is 1. The Morgan fingerprint density at radius 1 is 1.38 bits per heavy atom. The van der Waals surface area contributed by atoms with Crippen molar-refractivity contribution < 1.29 is 0 Å². The maximum atomic E-state index is 3.74. The van der Waals surface area contributed by atoms with Crippen LogP contribution in [0.15, 0.2) is 37.0 Å². The van der Waals surface area contributed by atoms with E-state index < -0.39 is 0 Å². The molecule has 0 aromatic heterocycles. The molecule has 0 aromatic rings. The van der Waals surface area contributed by atoms with Gasteiger partial charge in [0.15, 0.2) is 0 Å². The molecule has 1 nitrogen and oxygen atoms in total. The van der Waals surface area contributed by atoms with Crippen molar-refractivity contribution in [1.82, 2.24) is 5.32 Å². The van der Waals surface area contributed by atoms with Crippen LogP contribution in [-0.2, 0) is 0 Å². The van der Waals surface area contributed by atoms with Crippen LogP contribution < -0.4 is 5.32 Å². The van der Waals surface area contributed by atoms with Gasteiger partial charge in [0.1, 0.15) is 0 Å². The van der Waals surface area contributed by atoms with Crippen LogP contribution in [0.2, 0.25) is 0 Å². The highest BCUT2D eigenvalue weighted by molar-refractivity contribution is 5.26. The monoisotopic (exact) mass is 181 g/mol. The summed E-state index contributed by atoms with van der Waals surface area (Å²) in [5.74, 6) is 0. The normalized spacial score (nSPS) is 12.5. The predicted octanol–water partition coefficient (Wildman–Crippen LogP) is 3.31. The average molecular weight is 181 g/mol. The molecule has 0 radical (unpaired) electrons. The Bertz CT molecular complexity index is 153. The van der Waals surface area contributed by atoms with Gasteiger partial charge in [-0.25, -0.2) is 0 Å². The van der Waals surface area contributed by atoms with E-state index in [-0.39, 0.29) is 0 Å². The molecule has 13 heavy (non-hydrogen) atoms. The van der Waals surface area contributed by atoms with E-state index >= 15 is 0 Å². The van der Waals surface area contributed by atoms with Crippen molar-refractivity contribution in [3.8, 4) is 0 Å². The summed E-state index contributed by atoms with van der Waals surface area (Å²) < 4.78 is 0. The lowest BCUT2D eigenvalue weighted by atomic mass is 10.0. The van der Waals surface area contributed by atoms with Gasteiger partial charge >= 0.3 is 0 Å². The van der Waals surface area contributed by atoms with E-state index in [4.69, 9.17) is 0 Å². The molecule has 1 heteroatoms. The molecule has 0 unspecified atom stereocenters. The van der Waals surface area contributed by atoms with E-state index in [9.17, 15) is 0 Å². The van der Waals surface area contributed by atoms with Crippen LogP contribution >= 0.6 is 0 Å². The predicted molar refractivity (Wildman–Crippen MR) is 63.0 cm³/mol. The van der Waals surface area contributed by atoms with Crippen LogP contribution in [0.3, 0.4) is 0 Å². The maximum Gasteiger partial charge on any atom is 0.0314 e. The van der Waals surface area contributed by atoms with Crippen molar-refractivity contribution in [2.45, 2.75) is 33.2 Å². The summed E-state index contributed by atoms with van der Waals surface area (Å²) in [5, 5.41) is 3.20. The van der Waals surface area contributed by atoms with E-state index in [1.165, 1.54) is 5.57 Å². The summed E-state index contributed by atoms with van der Waals surface area (Å²) in [7, 11) is 1.95. The van der Waals surface area contributed by atoms with Gasteiger partial charge in [0.25, 0.3) is 0 Å². The fraction of sp³-hybridized carbons (Fsp3) is 0.500. The zero-order valence-electron chi connectivity index (χ0n) is 9.43. The lowest BCUT2D eigenvalue weighted by molar-refractivity contribution is 0.627. The third-order valence-electron chi connectivity index (χ3n) is 1.71. The smallest absolute Gasteiger partial charge is 0.0314 e. The van der Waals surface area contributed by atoms with Gasteiger partial charge in [-0.15, -0.1) is 0 Å². The SMILES string of the molecule is C=C/C=C(\C=C)[C@H](CC)NC.CC. The summed E-state index contributed by atoms with van der Waals surface area (Å²) in [6.07, 6.45) is 6.71. The minimum absolute atomic E-state index is 0.408. The van der Waals surface area contributed by atoms with Crippen molar-refractivity contribution in [3.63, 3.8) is 0 Å². The molecule has 0 aliphatic heterocycles. The summed E-state index contributed by atoms with van der Waals surface area (Å²) in [4.78, 5) is 0. The van der Waals surface area contributed by atoms with Gasteiger partial charge in [-0.1, -0.05) is 52.2 Å². The number of hydrogen-bond acceptors (Lipinski definition) is 1. The Hall–Kier alpha value is -0.820. The van der Waals surface area contributed by atoms with Gasteiger partial charge < -0.3 is 5.32 Å². The van der Waals surface area contributed by atoms with Crippen LogP contribution in [0.5, 0.6) is 0 Å². The standard InChI is InChI=1S/C10H17N.C2H6/c1-5-8-9(6-2)10(7-3)11-4;1-2/h5-6,8,10-11H,1-2,7H2,3-4H3;1-2H3/b9-8+;/t10-;/m0./s1. The highest BCUT2D eigenvalue weighted by Crippen LogP contribution is 2.06. The third kappa shape index (κ3) is 6.35. The first-order valence-electron chi connectivity index (χ1n) is 4.92. The Morgan fingerprint density at radius 3 is 2.15 bits per heavy atom. The maximum absolute atomic E-state index is 3.74. The second-order valence-corrected chi connectivity index (χ2v) is 2.36. The van der Waals surface area contributed by atoms with Crippen molar-refractivity contribution in [2.75, 3.05) is 7.05 Å². The Morgan fingerprint density at radius 2 is 1.92 bits per heavy atom. The van der Waals surface area contributed by atoms with Crippen molar-refractivity contribution in [3.05, 3.63) is 37.0 Å². The molecule has 0 saturated heterocycles. The van der Waals surface area contributed by atoms with E-state index in [0.717, 1.165) is 6.42 Å². The summed E-state index contributed by atoms with van der Waals surface area (Å²) >= 11 is 0. The zero-order chi connectivity index (χ0) is 10.7. The zero-order valence-corrected chi connectivity index (χ0v) is 9.43. The number of allylic oxidation sites excluding steroid dienone is 2. The van der Waals surface area contributed by atoms with Crippen LogP contribution in [0.1, 0.15) is 27.2 Å². The molecule has 1 atom stereocenters. The van der Waals surface area contributed by atoms with E-state index in [2.05, 4.69) is 25.4 Å². The van der Waals surface area contributed by atoms with Gasteiger partial charge in [0, 0.05) is 6.04 Å². The van der Waals surface area contributed by atoms with Crippen molar-refractivity contribution in [1.29, 1.82) is 0 Å². The van der Waals surface area contributed by atoms with Gasteiger partial charge in [0.05, 0.1) is 0 Å². The Kier molecular flexibility index (Phi) is 12.6. The molecule has 0 fully saturated rings. The largest absolute Gasteiger partial charge is 0.313 e. The van der Waals surface area contributed by atoms with Gasteiger partial charge in [-0.2, -0.15) is 0 Å². The molecule has 76 valence electrons. The molecule has 0 rings (SSSR count). The molecule has 0 spiro atoms. The van der Waals surface area contributed by atoms with Crippen LogP contribution in [0, 0.1) is 0 Å². The second-order valence-electron chi connectivity index (χ2n) is 2.36. The van der Waals surface area contributed by atoms with Crippen LogP contribution in [0.4, 0.5) is 0 Å². The summed E-state index contributed by atoms with van der Waals surface area (Å²) in [6.45, 7) is 13.5. The Labute approximate surface area is 83.2 Å².